The van der Waals surface area contributed by atoms with Crippen LogP contribution in [0.25, 0.3) is 0 Å². The minimum absolute atomic E-state index is 0.282. The summed E-state index contributed by atoms with van der Waals surface area (Å²) < 4.78 is 23.6. The van der Waals surface area contributed by atoms with Crippen LogP contribution in [0.3, 0.4) is 0 Å². The van der Waals surface area contributed by atoms with Crippen LogP contribution in [0.4, 0.5) is 0 Å². The van der Waals surface area contributed by atoms with Crippen LogP contribution in [0.2, 0.25) is 0 Å². The van der Waals surface area contributed by atoms with E-state index in [0.717, 1.165) is 38.4 Å². The van der Waals surface area contributed by atoms with Crippen molar-refractivity contribution in [3.63, 3.8) is 0 Å². The zero-order valence-corrected chi connectivity index (χ0v) is 18.6. The lowest BCUT2D eigenvalue weighted by atomic mass is 10.1. The molecule has 0 unspecified atom stereocenters. The Balaban J connectivity index is 1.48. The van der Waals surface area contributed by atoms with Gasteiger partial charge >= 0.3 is 0 Å². The van der Waals surface area contributed by atoms with Gasteiger partial charge in [-0.3, -0.25) is 0 Å². The molecule has 0 spiro atoms. The second-order valence-corrected chi connectivity index (χ2v) is 7.92. The first kappa shape index (κ1) is 20.6. The highest BCUT2D eigenvalue weighted by molar-refractivity contribution is 9.10. The van der Waals surface area contributed by atoms with Crippen LogP contribution in [0.15, 0.2) is 59.1 Å². The number of rotatable bonds is 8. The molecular weight excluding hydrogens is 446 g/mol. The van der Waals surface area contributed by atoms with Crippen molar-refractivity contribution >= 4 is 15.9 Å². The molecule has 0 saturated heterocycles. The molecule has 1 N–H and O–H groups in total. The Morgan fingerprint density at radius 1 is 1.00 bits per heavy atom. The Morgan fingerprint density at radius 2 is 1.83 bits per heavy atom. The van der Waals surface area contributed by atoms with Gasteiger partial charge in [0.05, 0.1) is 7.11 Å². The van der Waals surface area contributed by atoms with Gasteiger partial charge in [-0.2, -0.15) is 0 Å². The smallest absolute Gasteiger partial charge is 0.231 e. The van der Waals surface area contributed by atoms with E-state index >= 15 is 0 Å². The Labute approximate surface area is 185 Å². The van der Waals surface area contributed by atoms with Crippen molar-refractivity contribution in [1.29, 1.82) is 0 Å². The minimum atomic E-state index is 0.282. The van der Waals surface area contributed by atoms with Crippen LogP contribution in [-0.2, 0) is 19.7 Å². The van der Waals surface area contributed by atoms with Gasteiger partial charge in [0.25, 0.3) is 0 Å². The van der Waals surface area contributed by atoms with E-state index in [2.05, 4.69) is 40.3 Å². The first-order valence-electron chi connectivity index (χ1n) is 9.77. The third kappa shape index (κ3) is 4.55. The summed E-state index contributed by atoms with van der Waals surface area (Å²) in [5.74, 6) is 3.04. The Kier molecular flexibility index (Phi) is 6.45. The van der Waals surface area contributed by atoms with Gasteiger partial charge in [-0.15, -0.1) is 0 Å². The number of hydrogen-bond acceptors (Lipinski definition) is 5. The second kappa shape index (κ2) is 9.41. The predicted octanol–water partition coefficient (Wildman–Crippen LogP) is 5.36. The third-order valence-corrected chi connectivity index (χ3v) is 5.83. The molecule has 0 radical (unpaired) electrons. The Morgan fingerprint density at radius 3 is 2.67 bits per heavy atom. The highest BCUT2D eigenvalue weighted by Gasteiger charge is 2.16. The number of aryl methyl sites for hydroxylation is 1. The highest BCUT2D eigenvalue weighted by Crippen LogP contribution is 2.37. The lowest BCUT2D eigenvalue weighted by Gasteiger charge is -2.18. The van der Waals surface area contributed by atoms with Gasteiger partial charge in [0, 0.05) is 23.1 Å². The monoisotopic (exact) mass is 469 g/mol. The van der Waals surface area contributed by atoms with Crippen LogP contribution in [0.5, 0.6) is 23.0 Å². The maximum Gasteiger partial charge on any atom is 0.231 e. The van der Waals surface area contributed by atoms with Gasteiger partial charge in [-0.1, -0.05) is 46.3 Å². The van der Waals surface area contributed by atoms with Crippen molar-refractivity contribution in [3.05, 3.63) is 81.3 Å². The van der Waals surface area contributed by atoms with E-state index in [-0.39, 0.29) is 6.79 Å². The number of fused-ring (bicyclic) bond motifs is 1. The molecule has 5 nitrogen and oxygen atoms in total. The number of ether oxygens (including phenoxy) is 4. The molecule has 0 saturated carbocycles. The summed E-state index contributed by atoms with van der Waals surface area (Å²) in [4.78, 5) is 0. The lowest BCUT2D eigenvalue weighted by Crippen LogP contribution is -2.14. The van der Waals surface area contributed by atoms with Crippen molar-refractivity contribution in [2.24, 2.45) is 0 Å². The summed E-state index contributed by atoms with van der Waals surface area (Å²) in [6.45, 7) is 4.16. The summed E-state index contributed by atoms with van der Waals surface area (Å²) in [5, 5.41) is 3.49. The van der Waals surface area contributed by atoms with Gasteiger partial charge in [-0.25, -0.2) is 0 Å². The van der Waals surface area contributed by atoms with E-state index in [1.54, 1.807) is 7.11 Å². The van der Waals surface area contributed by atoms with Crippen LogP contribution >= 0.6 is 15.9 Å². The van der Waals surface area contributed by atoms with E-state index in [4.69, 9.17) is 18.9 Å². The summed E-state index contributed by atoms with van der Waals surface area (Å²) >= 11 is 3.67. The average molecular weight is 470 g/mol. The number of benzene rings is 3. The van der Waals surface area contributed by atoms with E-state index in [1.165, 1.54) is 5.56 Å². The summed E-state index contributed by atoms with van der Waals surface area (Å²) in [7, 11) is 1.66. The molecule has 0 aromatic heterocycles. The van der Waals surface area contributed by atoms with Gasteiger partial charge < -0.3 is 24.3 Å². The molecule has 156 valence electrons. The fourth-order valence-electron chi connectivity index (χ4n) is 3.37. The molecule has 0 atom stereocenters. The van der Waals surface area contributed by atoms with Crippen LogP contribution in [0.1, 0.15) is 22.3 Å². The number of methoxy groups -OCH3 is 1. The molecule has 1 aliphatic rings. The standard InChI is InChI=1S/C24H24BrNO4/c1-16-5-3-4-6-18(16)14-28-24-19(20(25)8-10-22(24)27-2)13-26-12-17-7-9-21-23(11-17)30-15-29-21/h3-11,26H,12-15H2,1-2H3. The Hall–Kier alpha value is -2.70. The first-order valence-corrected chi connectivity index (χ1v) is 10.6. The summed E-state index contributed by atoms with van der Waals surface area (Å²) in [6, 6.07) is 18.1. The molecule has 0 aliphatic carbocycles. The molecule has 1 aliphatic heterocycles. The zero-order chi connectivity index (χ0) is 20.9. The van der Waals surface area contributed by atoms with Gasteiger partial charge in [0.15, 0.2) is 23.0 Å². The number of halogens is 1. The fourth-order valence-corrected chi connectivity index (χ4v) is 3.82. The SMILES string of the molecule is COc1ccc(Br)c(CNCc2ccc3c(c2)OCO3)c1OCc1ccccc1C. The first-order chi connectivity index (χ1) is 14.7. The minimum Gasteiger partial charge on any atom is -0.493 e. The molecule has 0 fully saturated rings. The number of nitrogens with one attached hydrogen (secondary N) is 1. The van der Waals surface area contributed by atoms with Crippen molar-refractivity contribution in [3.8, 4) is 23.0 Å². The second-order valence-electron chi connectivity index (χ2n) is 7.06. The lowest BCUT2D eigenvalue weighted by molar-refractivity contribution is 0.174. The summed E-state index contributed by atoms with van der Waals surface area (Å²) in [6.07, 6.45) is 0. The molecule has 4 rings (SSSR count). The average Bonchev–Trinajstić information content (AvgIpc) is 3.22. The third-order valence-electron chi connectivity index (χ3n) is 5.09. The van der Waals surface area contributed by atoms with Gasteiger partial charge in [-0.05, 0) is 47.9 Å². The van der Waals surface area contributed by atoms with Gasteiger partial charge in [0.1, 0.15) is 6.61 Å². The van der Waals surface area contributed by atoms with Crippen molar-refractivity contribution < 1.29 is 18.9 Å². The van der Waals surface area contributed by atoms with E-state index in [1.807, 2.05) is 42.5 Å². The maximum atomic E-state index is 6.24. The van der Waals surface area contributed by atoms with Crippen LogP contribution in [0, 0.1) is 6.92 Å². The number of hydrogen-bond donors (Lipinski definition) is 1. The topological polar surface area (TPSA) is 49.0 Å². The largest absolute Gasteiger partial charge is 0.493 e. The molecule has 0 bridgehead atoms. The van der Waals surface area contributed by atoms with Crippen molar-refractivity contribution in [2.45, 2.75) is 26.6 Å². The quantitative estimate of drug-likeness (QED) is 0.480. The van der Waals surface area contributed by atoms with Crippen LogP contribution in [-0.4, -0.2) is 13.9 Å². The molecule has 6 heteroatoms. The van der Waals surface area contributed by atoms with Crippen molar-refractivity contribution in [1.82, 2.24) is 5.32 Å². The van der Waals surface area contributed by atoms with Gasteiger partial charge in [0.2, 0.25) is 6.79 Å². The highest BCUT2D eigenvalue weighted by atomic mass is 79.9. The van der Waals surface area contributed by atoms with Crippen LogP contribution < -0.4 is 24.3 Å². The molecule has 1 heterocycles. The molecule has 30 heavy (non-hydrogen) atoms. The predicted molar refractivity (Wildman–Crippen MR) is 119 cm³/mol. The van der Waals surface area contributed by atoms with E-state index in [0.29, 0.717) is 25.4 Å². The maximum absolute atomic E-state index is 6.24. The normalized spacial score (nSPS) is 12.1. The van der Waals surface area contributed by atoms with E-state index in [9.17, 15) is 0 Å². The summed E-state index contributed by atoms with van der Waals surface area (Å²) in [5.41, 5.74) is 4.50. The zero-order valence-electron chi connectivity index (χ0n) is 17.0. The van der Waals surface area contributed by atoms with Crippen molar-refractivity contribution in [2.75, 3.05) is 13.9 Å². The molecule has 0 amide bonds. The van der Waals surface area contributed by atoms with E-state index < -0.39 is 0 Å². The fraction of sp³-hybridized carbons (Fsp3) is 0.250. The molecular formula is C24H24BrNO4. The molecule has 3 aromatic rings. The Bertz CT molecular complexity index is 1040. The molecule has 3 aromatic carbocycles.